The fraction of sp³-hybridized carbons (Fsp3) is 0.579. The molecule has 7 heteroatoms. The van der Waals surface area contributed by atoms with Gasteiger partial charge in [-0.25, -0.2) is 4.98 Å². The van der Waals surface area contributed by atoms with Crippen LogP contribution in [0.25, 0.3) is 11.0 Å². The predicted octanol–water partition coefficient (Wildman–Crippen LogP) is 3.06. The molecule has 0 spiro atoms. The Hall–Kier alpha value is -1.57. The van der Waals surface area contributed by atoms with E-state index in [0.29, 0.717) is 25.5 Å². The minimum absolute atomic E-state index is 0.0529. The Morgan fingerprint density at radius 1 is 1.50 bits per heavy atom. The molecule has 0 aliphatic carbocycles. The highest BCUT2D eigenvalue weighted by atomic mass is 32.2. The Morgan fingerprint density at radius 2 is 2.38 bits per heavy atom. The first kappa shape index (κ1) is 19.2. The molecule has 1 aromatic carbocycles. The molecule has 1 saturated heterocycles. The van der Waals surface area contributed by atoms with Gasteiger partial charge in [-0.05, 0) is 38.3 Å². The molecule has 1 fully saturated rings. The summed E-state index contributed by atoms with van der Waals surface area (Å²) in [5.74, 6) is 1.39. The zero-order chi connectivity index (χ0) is 18.2. The van der Waals surface area contributed by atoms with E-state index in [4.69, 9.17) is 9.47 Å². The van der Waals surface area contributed by atoms with E-state index >= 15 is 0 Å². The van der Waals surface area contributed by atoms with Gasteiger partial charge in [-0.3, -0.25) is 4.79 Å². The maximum Gasteiger partial charge on any atom is 0.230 e. The summed E-state index contributed by atoms with van der Waals surface area (Å²) in [5.41, 5.74) is 1.99. The third-order valence-corrected chi connectivity index (χ3v) is 5.52. The van der Waals surface area contributed by atoms with Crippen molar-refractivity contribution in [2.45, 2.75) is 37.5 Å². The van der Waals surface area contributed by atoms with Gasteiger partial charge in [-0.15, -0.1) is 11.8 Å². The number of hydrogen-bond donors (Lipinski definition) is 2. The van der Waals surface area contributed by atoms with E-state index in [1.165, 1.54) is 0 Å². The van der Waals surface area contributed by atoms with Gasteiger partial charge in [0.2, 0.25) is 5.91 Å². The highest BCUT2D eigenvalue weighted by molar-refractivity contribution is 8.00. The van der Waals surface area contributed by atoms with Crippen molar-refractivity contribution in [1.82, 2.24) is 15.3 Å². The van der Waals surface area contributed by atoms with E-state index in [1.54, 1.807) is 11.8 Å². The van der Waals surface area contributed by atoms with Gasteiger partial charge in [0.25, 0.3) is 0 Å². The molecule has 2 atom stereocenters. The second-order valence-corrected chi connectivity index (χ2v) is 7.83. The van der Waals surface area contributed by atoms with Gasteiger partial charge in [-0.1, -0.05) is 12.1 Å². The van der Waals surface area contributed by atoms with Crippen molar-refractivity contribution < 1.29 is 14.3 Å². The van der Waals surface area contributed by atoms with Crippen LogP contribution in [0.3, 0.4) is 0 Å². The molecule has 2 unspecified atom stereocenters. The van der Waals surface area contributed by atoms with Crippen LogP contribution in [0.4, 0.5) is 0 Å². The second-order valence-electron chi connectivity index (χ2n) is 6.51. The van der Waals surface area contributed by atoms with Crippen LogP contribution in [0.1, 0.15) is 37.3 Å². The van der Waals surface area contributed by atoms with Crippen LogP contribution < -0.4 is 5.32 Å². The molecule has 1 aromatic heterocycles. The Balaban J connectivity index is 1.27. The number of aromatic amines is 1. The summed E-state index contributed by atoms with van der Waals surface area (Å²) < 4.78 is 11.1. The molecule has 0 bridgehead atoms. The number of imidazole rings is 1. The molecule has 142 valence electrons. The average molecular weight is 378 g/mol. The molecule has 1 amide bonds. The van der Waals surface area contributed by atoms with E-state index in [0.717, 1.165) is 42.7 Å². The summed E-state index contributed by atoms with van der Waals surface area (Å²) in [6, 6.07) is 7.96. The lowest BCUT2D eigenvalue weighted by molar-refractivity contribution is -0.118. The summed E-state index contributed by atoms with van der Waals surface area (Å²) in [6.45, 7) is 4.88. The molecule has 2 aromatic rings. The first-order valence-corrected chi connectivity index (χ1v) is 10.3. The standard InChI is InChI=1S/C19H27N3O3S/c1-14(19-21-16-7-2-3-8-17(16)22-19)26-13-18(23)20-9-5-10-24-12-15-6-4-11-25-15/h2-3,7-8,14-15H,4-6,9-13H2,1H3,(H,20,23)(H,21,22). The lowest BCUT2D eigenvalue weighted by Gasteiger charge is -2.11. The second kappa shape index (κ2) is 9.94. The normalized spacial score (nSPS) is 18.3. The third kappa shape index (κ3) is 5.72. The van der Waals surface area contributed by atoms with Crippen molar-refractivity contribution in [2.24, 2.45) is 0 Å². The minimum atomic E-state index is 0.0529. The molecule has 1 aliphatic heterocycles. The van der Waals surface area contributed by atoms with Gasteiger partial charge in [0.15, 0.2) is 0 Å². The number of H-pyrrole nitrogens is 1. The van der Waals surface area contributed by atoms with Crippen LogP contribution in [-0.2, 0) is 14.3 Å². The van der Waals surface area contributed by atoms with Crippen LogP contribution in [0, 0.1) is 0 Å². The molecule has 2 N–H and O–H groups in total. The largest absolute Gasteiger partial charge is 0.379 e. The van der Waals surface area contributed by atoms with E-state index in [-0.39, 0.29) is 17.3 Å². The SMILES string of the molecule is CC(SCC(=O)NCCCOCC1CCCO1)c1nc2ccccc2[nH]1. The summed E-state index contributed by atoms with van der Waals surface area (Å²) in [4.78, 5) is 19.9. The predicted molar refractivity (Wildman–Crippen MR) is 104 cm³/mol. The number of hydrogen-bond acceptors (Lipinski definition) is 5. The van der Waals surface area contributed by atoms with Crippen LogP contribution in [0.2, 0.25) is 0 Å². The number of benzene rings is 1. The van der Waals surface area contributed by atoms with Gasteiger partial charge in [0.05, 0.1) is 34.7 Å². The number of ether oxygens (including phenoxy) is 2. The maximum atomic E-state index is 12.0. The Kier molecular flexibility index (Phi) is 7.34. The van der Waals surface area contributed by atoms with Crippen molar-refractivity contribution in [2.75, 3.05) is 32.1 Å². The molecule has 0 radical (unpaired) electrons. The summed E-state index contributed by atoms with van der Waals surface area (Å²) in [5, 5.41) is 3.08. The van der Waals surface area contributed by atoms with Gasteiger partial charge in [0.1, 0.15) is 5.82 Å². The smallest absolute Gasteiger partial charge is 0.230 e. The number of nitrogens with one attached hydrogen (secondary N) is 2. The number of carbonyl (C=O) groups excluding carboxylic acids is 1. The lowest BCUT2D eigenvalue weighted by atomic mass is 10.2. The number of rotatable bonds is 10. The number of para-hydroxylation sites is 2. The monoisotopic (exact) mass is 377 g/mol. The number of carbonyl (C=O) groups is 1. The maximum absolute atomic E-state index is 12.0. The van der Waals surface area contributed by atoms with Gasteiger partial charge in [-0.2, -0.15) is 0 Å². The van der Waals surface area contributed by atoms with Gasteiger partial charge in [0, 0.05) is 19.8 Å². The number of thioether (sulfide) groups is 1. The van der Waals surface area contributed by atoms with Crippen molar-refractivity contribution in [3.05, 3.63) is 30.1 Å². The molecule has 1 aliphatic rings. The Labute approximate surface area is 158 Å². The minimum Gasteiger partial charge on any atom is -0.379 e. The number of nitrogens with zero attached hydrogens (tertiary/aromatic N) is 1. The fourth-order valence-electron chi connectivity index (χ4n) is 2.89. The number of amides is 1. The summed E-state index contributed by atoms with van der Waals surface area (Å²) in [6.07, 6.45) is 3.31. The highest BCUT2D eigenvalue weighted by Gasteiger charge is 2.15. The topological polar surface area (TPSA) is 76.2 Å². The van der Waals surface area contributed by atoms with Crippen LogP contribution in [0.15, 0.2) is 24.3 Å². The zero-order valence-corrected chi connectivity index (χ0v) is 16.0. The number of aromatic nitrogens is 2. The van der Waals surface area contributed by atoms with Crippen LogP contribution in [-0.4, -0.2) is 54.1 Å². The summed E-state index contributed by atoms with van der Waals surface area (Å²) >= 11 is 1.58. The molecular weight excluding hydrogens is 350 g/mol. The average Bonchev–Trinajstić information content (AvgIpc) is 3.31. The van der Waals surface area contributed by atoms with Crippen LogP contribution in [0.5, 0.6) is 0 Å². The Bertz CT molecular complexity index is 667. The van der Waals surface area contributed by atoms with E-state index in [9.17, 15) is 4.79 Å². The Morgan fingerprint density at radius 3 is 3.19 bits per heavy atom. The quantitative estimate of drug-likeness (QED) is 0.623. The van der Waals surface area contributed by atoms with Crippen molar-refractivity contribution in [3.63, 3.8) is 0 Å². The van der Waals surface area contributed by atoms with Crippen molar-refractivity contribution >= 4 is 28.7 Å². The fourth-order valence-corrected chi connectivity index (χ4v) is 3.66. The molecule has 6 nitrogen and oxygen atoms in total. The van der Waals surface area contributed by atoms with Gasteiger partial charge >= 0.3 is 0 Å². The first-order chi connectivity index (χ1) is 12.7. The molecule has 26 heavy (non-hydrogen) atoms. The lowest BCUT2D eigenvalue weighted by Crippen LogP contribution is -2.27. The van der Waals surface area contributed by atoms with Crippen LogP contribution >= 0.6 is 11.8 Å². The van der Waals surface area contributed by atoms with Gasteiger partial charge < -0.3 is 19.8 Å². The third-order valence-electron chi connectivity index (χ3n) is 4.37. The number of fused-ring (bicyclic) bond motifs is 1. The van der Waals surface area contributed by atoms with E-state index in [2.05, 4.69) is 22.2 Å². The van der Waals surface area contributed by atoms with Crippen molar-refractivity contribution in [3.8, 4) is 0 Å². The molecular formula is C19H27N3O3S. The first-order valence-electron chi connectivity index (χ1n) is 9.24. The van der Waals surface area contributed by atoms with Crippen molar-refractivity contribution in [1.29, 1.82) is 0 Å². The van der Waals surface area contributed by atoms with E-state index < -0.39 is 0 Å². The van der Waals surface area contributed by atoms with E-state index in [1.807, 2.05) is 24.3 Å². The molecule has 0 saturated carbocycles. The molecule has 3 rings (SSSR count). The molecule has 2 heterocycles. The summed E-state index contributed by atoms with van der Waals surface area (Å²) in [7, 11) is 0. The highest BCUT2D eigenvalue weighted by Crippen LogP contribution is 2.27. The zero-order valence-electron chi connectivity index (χ0n) is 15.2.